The van der Waals surface area contributed by atoms with Crippen LogP contribution in [0.3, 0.4) is 0 Å². The summed E-state index contributed by atoms with van der Waals surface area (Å²) in [6.07, 6.45) is 9.20. The summed E-state index contributed by atoms with van der Waals surface area (Å²) < 4.78 is 0. The predicted octanol–water partition coefficient (Wildman–Crippen LogP) is 4.20. The lowest BCUT2D eigenvalue weighted by molar-refractivity contribution is -0.130. The Morgan fingerprint density at radius 3 is 2.68 bits per heavy atom. The molecule has 0 aromatic carbocycles. The molecule has 0 aromatic rings. The van der Waals surface area contributed by atoms with Gasteiger partial charge in [0.05, 0.1) is 0 Å². The second-order valence-corrected chi connectivity index (χ2v) is 7.16. The number of hydrogen-bond donors (Lipinski definition) is 1. The first-order chi connectivity index (χ1) is 10.3. The molecule has 0 amide bonds. The molecule has 2 nitrogen and oxygen atoms in total. The van der Waals surface area contributed by atoms with Crippen molar-refractivity contribution >= 4 is 5.78 Å². The van der Waals surface area contributed by atoms with Crippen molar-refractivity contribution in [1.29, 1.82) is 0 Å². The van der Waals surface area contributed by atoms with Gasteiger partial charge in [-0.1, -0.05) is 49.3 Å². The second-order valence-electron chi connectivity index (χ2n) is 7.16. The van der Waals surface area contributed by atoms with Crippen LogP contribution < -0.4 is 0 Å². The Bertz CT molecular complexity index is 682. The van der Waals surface area contributed by atoms with Gasteiger partial charge in [0, 0.05) is 12.0 Å². The van der Waals surface area contributed by atoms with Crippen LogP contribution in [0.5, 0.6) is 0 Å². The van der Waals surface area contributed by atoms with Crippen molar-refractivity contribution in [3.05, 3.63) is 58.2 Å². The Kier molecular flexibility index (Phi) is 3.60. The molecule has 2 heteroatoms. The quantitative estimate of drug-likeness (QED) is 0.736. The molecular formula is C20H24O2. The summed E-state index contributed by atoms with van der Waals surface area (Å²) in [5.41, 5.74) is 4.66. The van der Waals surface area contributed by atoms with Crippen molar-refractivity contribution in [2.24, 2.45) is 5.92 Å². The van der Waals surface area contributed by atoms with E-state index in [4.69, 9.17) is 0 Å². The van der Waals surface area contributed by atoms with Crippen molar-refractivity contribution in [3.8, 4) is 0 Å². The van der Waals surface area contributed by atoms with Crippen LogP contribution in [0.4, 0.5) is 0 Å². The van der Waals surface area contributed by atoms with Gasteiger partial charge in [0.15, 0.2) is 11.4 Å². The number of aliphatic hydroxyl groups is 1. The topological polar surface area (TPSA) is 37.3 Å². The third-order valence-corrected chi connectivity index (χ3v) is 4.96. The van der Waals surface area contributed by atoms with Crippen LogP contribution in [0, 0.1) is 5.92 Å². The number of hydrogen-bond acceptors (Lipinski definition) is 2. The Morgan fingerprint density at radius 2 is 2.00 bits per heavy atom. The van der Waals surface area contributed by atoms with E-state index in [0.29, 0.717) is 6.42 Å². The number of Topliss-reactive ketones (excluding diaryl/α,β-unsaturated/α-hetero) is 1. The fourth-order valence-electron chi connectivity index (χ4n) is 3.81. The van der Waals surface area contributed by atoms with Crippen molar-refractivity contribution < 1.29 is 9.90 Å². The Balaban J connectivity index is 2.29. The van der Waals surface area contributed by atoms with Crippen LogP contribution in [0.15, 0.2) is 58.2 Å². The van der Waals surface area contributed by atoms with Gasteiger partial charge < -0.3 is 5.11 Å². The fraction of sp³-hybridized carbons (Fsp3) is 0.450. The molecule has 0 aromatic heterocycles. The highest BCUT2D eigenvalue weighted by Gasteiger charge is 2.49. The van der Waals surface area contributed by atoms with Crippen LogP contribution in [-0.2, 0) is 4.79 Å². The van der Waals surface area contributed by atoms with Gasteiger partial charge in [-0.25, -0.2) is 0 Å². The maximum absolute atomic E-state index is 12.9. The molecule has 1 atom stereocenters. The van der Waals surface area contributed by atoms with Crippen molar-refractivity contribution in [1.82, 2.24) is 0 Å². The number of carbonyl (C=O) groups excluding carboxylic acids is 1. The van der Waals surface area contributed by atoms with Crippen molar-refractivity contribution in [3.63, 3.8) is 0 Å². The highest BCUT2D eigenvalue weighted by atomic mass is 16.3. The van der Waals surface area contributed by atoms with E-state index in [1.165, 1.54) is 11.1 Å². The summed E-state index contributed by atoms with van der Waals surface area (Å²) in [5, 5.41) is 11.3. The zero-order valence-corrected chi connectivity index (χ0v) is 13.7. The Labute approximate surface area is 132 Å². The number of carbonyl (C=O) groups is 1. The van der Waals surface area contributed by atoms with E-state index in [1.807, 2.05) is 19.9 Å². The van der Waals surface area contributed by atoms with Crippen LogP contribution in [0.25, 0.3) is 0 Å². The van der Waals surface area contributed by atoms with E-state index in [9.17, 15) is 9.90 Å². The molecule has 0 radical (unpaired) electrons. The van der Waals surface area contributed by atoms with Gasteiger partial charge in [-0.3, -0.25) is 4.79 Å². The highest BCUT2D eigenvalue weighted by molar-refractivity contribution is 6.08. The molecule has 116 valence electrons. The molecule has 1 N–H and O–H groups in total. The summed E-state index contributed by atoms with van der Waals surface area (Å²) in [6, 6.07) is 0. The lowest BCUT2D eigenvalue weighted by Crippen LogP contribution is -2.48. The Morgan fingerprint density at radius 1 is 1.27 bits per heavy atom. The van der Waals surface area contributed by atoms with Gasteiger partial charge in [-0.15, -0.1) is 0 Å². The molecule has 0 unspecified atom stereocenters. The SMILES string of the molecule is C=C1CC2=C3/C(=C\C=C(\C)CC2)C=C(C(C)C)C(=O)[C@]3(O)C1. The van der Waals surface area contributed by atoms with Gasteiger partial charge in [-0.2, -0.15) is 0 Å². The van der Waals surface area contributed by atoms with Gasteiger partial charge in [0.1, 0.15) is 0 Å². The zero-order chi connectivity index (χ0) is 16.1. The average molecular weight is 296 g/mol. The minimum atomic E-state index is -1.40. The summed E-state index contributed by atoms with van der Waals surface area (Å²) in [6.45, 7) is 10.2. The predicted molar refractivity (Wildman–Crippen MR) is 89.4 cm³/mol. The zero-order valence-electron chi connectivity index (χ0n) is 13.7. The monoisotopic (exact) mass is 296 g/mol. The van der Waals surface area contributed by atoms with Crippen LogP contribution in [0.1, 0.15) is 46.5 Å². The number of rotatable bonds is 1. The molecule has 3 aliphatic carbocycles. The molecule has 0 saturated heterocycles. The summed E-state index contributed by atoms with van der Waals surface area (Å²) in [4.78, 5) is 12.9. The molecule has 0 saturated carbocycles. The van der Waals surface area contributed by atoms with Crippen LogP contribution in [-0.4, -0.2) is 16.5 Å². The molecule has 0 spiro atoms. The van der Waals surface area contributed by atoms with E-state index >= 15 is 0 Å². The molecule has 0 fully saturated rings. The van der Waals surface area contributed by atoms with Gasteiger partial charge in [-0.05, 0) is 49.3 Å². The van der Waals surface area contributed by atoms with E-state index in [2.05, 4.69) is 25.7 Å². The standard InChI is InChI=1S/C20H24O2/c1-12(2)17-10-16-8-6-13(3)5-7-15-9-14(4)11-20(22,18(15)16)19(17)21/h6,8,10,12,22H,4-5,7,9,11H2,1-3H3/b13-6-,16-8-/t20-/m0/s1. The van der Waals surface area contributed by atoms with Gasteiger partial charge >= 0.3 is 0 Å². The van der Waals surface area contributed by atoms with Crippen molar-refractivity contribution in [2.75, 3.05) is 0 Å². The normalized spacial score (nSPS) is 33.4. The molecular weight excluding hydrogens is 272 g/mol. The van der Waals surface area contributed by atoms with Gasteiger partial charge in [0.25, 0.3) is 0 Å². The third kappa shape index (κ3) is 2.26. The minimum Gasteiger partial charge on any atom is -0.377 e. The molecule has 3 aliphatic rings. The molecule has 3 rings (SSSR count). The maximum atomic E-state index is 12.9. The largest absolute Gasteiger partial charge is 0.377 e. The fourth-order valence-corrected chi connectivity index (χ4v) is 3.81. The van der Waals surface area contributed by atoms with Crippen LogP contribution >= 0.6 is 0 Å². The number of ketones is 1. The molecule has 0 heterocycles. The summed E-state index contributed by atoms with van der Waals surface area (Å²) in [5.74, 6) is -0.0255. The maximum Gasteiger partial charge on any atom is 0.195 e. The van der Waals surface area contributed by atoms with Crippen LogP contribution in [0.2, 0.25) is 0 Å². The highest BCUT2D eigenvalue weighted by Crippen LogP contribution is 2.48. The van der Waals surface area contributed by atoms with E-state index < -0.39 is 5.60 Å². The molecule has 0 aliphatic heterocycles. The molecule has 22 heavy (non-hydrogen) atoms. The average Bonchev–Trinajstić information content (AvgIpc) is 2.42. The molecule has 0 bridgehead atoms. The van der Waals surface area contributed by atoms with Crippen molar-refractivity contribution in [2.45, 2.75) is 52.1 Å². The minimum absolute atomic E-state index is 0.105. The van der Waals surface area contributed by atoms with E-state index in [0.717, 1.165) is 41.6 Å². The lowest BCUT2D eigenvalue weighted by atomic mass is 9.65. The second kappa shape index (κ2) is 5.20. The summed E-state index contributed by atoms with van der Waals surface area (Å²) in [7, 11) is 0. The number of allylic oxidation sites excluding steroid dienone is 5. The van der Waals surface area contributed by atoms with E-state index in [-0.39, 0.29) is 11.7 Å². The first-order valence-corrected chi connectivity index (χ1v) is 8.08. The smallest absolute Gasteiger partial charge is 0.195 e. The van der Waals surface area contributed by atoms with Gasteiger partial charge in [0.2, 0.25) is 0 Å². The summed E-state index contributed by atoms with van der Waals surface area (Å²) >= 11 is 0. The van der Waals surface area contributed by atoms with E-state index in [1.54, 1.807) is 0 Å². The first-order valence-electron chi connectivity index (χ1n) is 8.08. The lowest BCUT2D eigenvalue weighted by Gasteiger charge is -2.41. The third-order valence-electron chi connectivity index (χ3n) is 4.96. The first kappa shape index (κ1) is 15.2. The Hall–Kier alpha value is -1.67.